The zero-order valence-corrected chi connectivity index (χ0v) is 22.8. The molecule has 9 nitrogen and oxygen atoms in total. The maximum Gasteiger partial charge on any atom is 0.304 e. The second kappa shape index (κ2) is 12.3. The Balaban J connectivity index is 1.52. The van der Waals surface area contributed by atoms with Crippen LogP contribution in [0.4, 0.5) is 4.79 Å². The average molecular weight is 546 g/mol. The number of benzene rings is 2. The van der Waals surface area contributed by atoms with Crippen molar-refractivity contribution >= 4 is 28.6 Å². The number of hydrogen-bond donors (Lipinski definition) is 1. The molecule has 0 spiro atoms. The fourth-order valence-electron chi connectivity index (χ4n) is 4.79. The summed E-state index contributed by atoms with van der Waals surface area (Å²) < 4.78 is 11.9. The molecule has 10 heteroatoms. The first kappa shape index (κ1) is 26.7. The van der Waals surface area contributed by atoms with Crippen molar-refractivity contribution in [3.63, 3.8) is 0 Å². The van der Waals surface area contributed by atoms with Gasteiger partial charge < -0.3 is 14.8 Å². The van der Waals surface area contributed by atoms with Crippen LogP contribution in [0.2, 0.25) is 0 Å². The minimum atomic E-state index is -0.846. The lowest BCUT2D eigenvalue weighted by atomic mass is 10.0. The van der Waals surface area contributed by atoms with Crippen LogP contribution in [0, 0.1) is 0 Å². The highest BCUT2D eigenvalue weighted by Crippen LogP contribution is 2.37. The molecule has 2 aromatic carbocycles. The highest BCUT2D eigenvalue weighted by atomic mass is 32.2. The van der Waals surface area contributed by atoms with E-state index in [0.717, 1.165) is 37.0 Å². The number of nitrogens with zero attached hydrogens (tertiary/aromatic N) is 4. The molecule has 2 amide bonds. The Bertz CT molecular complexity index is 1330. The van der Waals surface area contributed by atoms with E-state index >= 15 is 0 Å². The highest BCUT2D eigenvalue weighted by molar-refractivity contribution is 8.14. The van der Waals surface area contributed by atoms with E-state index in [-0.39, 0.29) is 22.3 Å². The third kappa shape index (κ3) is 6.06. The van der Waals surface area contributed by atoms with E-state index in [9.17, 15) is 9.59 Å². The van der Waals surface area contributed by atoms with Crippen molar-refractivity contribution in [3.05, 3.63) is 83.9 Å². The third-order valence-corrected chi connectivity index (χ3v) is 8.03. The molecule has 2 aliphatic rings. The first-order valence-electron chi connectivity index (χ1n) is 13.1. The summed E-state index contributed by atoms with van der Waals surface area (Å²) in [6.45, 7) is 2.03. The summed E-state index contributed by atoms with van der Waals surface area (Å²) in [5, 5.41) is 8.73. The van der Waals surface area contributed by atoms with Gasteiger partial charge in [0, 0.05) is 18.0 Å². The van der Waals surface area contributed by atoms with Crippen LogP contribution < -0.4 is 14.8 Å². The molecular formula is C29H31N5O4S. The van der Waals surface area contributed by atoms with Crippen LogP contribution in [0.15, 0.2) is 72.2 Å². The van der Waals surface area contributed by atoms with E-state index in [1.807, 2.05) is 55.5 Å². The average Bonchev–Trinajstić information content (AvgIpc) is 3.50. The molecule has 2 atom stereocenters. The van der Waals surface area contributed by atoms with Gasteiger partial charge in [-0.3, -0.25) is 14.6 Å². The predicted molar refractivity (Wildman–Crippen MR) is 150 cm³/mol. The van der Waals surface area contributed by atoms with Gasteiger partial charge in [0.2, 0.25) is 0 Å². The molecule has 0 bridgehead atoms. The van der Waals surface area contributed by atoms with Gasteiger partial charge in [0.25, 0.3) is 5.91 Å². The number of aromatic nitrogens is 2. The molecule has 0 saturated heterocycles. The number of amides is 2. The van der Waals surface area contributed by atoms with Crippen LogP contribution in [0.25, 0.3) is 0 Å². The molecule has 1 fully saturated rings. The summed E-state index contributed by atoms with van der Waals surface area (Å²) in [4.78, 5) is 34.6. The lowest BCUT2D eigenvalue weighted by molar-refractivity contribution is 0.0882. The topological polar surface area (TPSA) is 106 Å². The van der Waals surface area contributed by atoms with Gasteiger partial charge in [0.05, 0.1) is 30.4 Å². The van der Waals surface area contributed by atoms with Crippen LogP contribution in [0.1, 0.15) is 66.8 Å². The molecular weight excluding hydrogens is 514 g/mol. The van der Waals surface area contributed by atoms with Crippen molar-refractivity contribution in [1.29, 1.82) is 0 Å². The van der Waals surface area contributed by atoms with Crippen LogP contribution in [0.3, 0.4) is 0 Å². The molecule has 0 radical (unpaired) electrons. The largest absolute Gasteiger partial charge is 0.493 e. The zero-order valence-electron chi connectivity index (χ0n) is 21.9. The molecule has 1 aliphatic carbocycles. The lowest BCUT2D eigenvalue weighted by Crippen LogP contribution is -2.44. The summed E-state index contributed by atoms with van der Waals surface area (Å²) in [6.07, 6.45) is 8.71. The van der Waals surface area contributed by atoms with Gasteiger partial charge >= 0.3 is 5.24 Å². The molecule has 1 aromatic heterocycles. The molecule has 39 heavy (non-hydrogen) atoms. The van der Waals surface area contributed by atoms with Gasteiger partial charge in [0.15, 0.2) is 17.7 Å². The fraction of sp³-hybridized carbons (Fsp3) is 0.345. The van der Waals surface area contributed by atoms with E-state index < -0.39 is 12.1 Å². The van der Waals surface area contributed by atoms with E-state index in [2.05, 4.69) is 15.3 Å². The molecule has 1 N–H and O–H groups in total. The predicted octanol–water partition coefficient (Wildman–Crippen LogP) is 5.59. The number of hydrogen-bond acceptors (Lipinski definition) is 8. The van der Waals surface area contributed by atoms with Crippen molar-refractivity contribution < 1.29 is 19.1 Å². The Morgan fingerprint density at radius 2 is 1.92 bits per heavy atom. The molecule has 2 unspecified atom stereocenters. The molecule has 2 heterocycles. The van der Waals surface area contributed by atoms with Gasteiger partial charge in [-0.15, -0.1) is 0 Å². The SMILES string of the molecule is CCC1SC(=O)N(C(NC(=O)c2cnccn2)c2ccccc2)N=C1c1ccc(OC)c(OC2CCCC2)c1. The first-order valence-corrected chi connectivity index (χ1v) is 14.0. The number of hydrazone groups is 1. The molecule has 1 saturated carbocycles. The minimum Gasteiger partial charge on any atom is -0.493 e. The standard InChI is InChI=1S/C29H31N5O4S/c1-3-25-26(20-13-14-23(37-2)24(17-20)38-21-11-7-8-12-21)33-34(29(36)39-25)27(19-9-5-4-6-10-19)32-28(35)22-18-30-15-16-31-22/h4-6,9-10,13-18,21,25,27H,3,7-8,11-12H2,1-2H3,(H,32,35). The van der Waals surface area contributed by atoms with E-state index in [0.29, 0.717) is 23.5 Å². The third-order valence-electron chi connectivity index (χ3n) is 6.80. The molecule has 5 rings (SSSR count). The van der Waals surface area contributed by atoms with Crippen LogP contribution in [0.5, 0.6) is 11.5 Å². The maximum atomic E-state index is 13.4. The maximum absolute atomic E-state index is 13.4. The summed E-state index contributed by atoms with van der Waals surface area (Å²) in [6, 6.07) is 15.0. The molecule has 202 valence electrons. The Kier molecular flexibility index (Phi) is 8.41. The smallest absolute Gasteiger partial charge is 0.304 e. The molecule has 1 aliphatic heterocycles. The Morgan fingerprint density at radius 1 is 1.13 bits per heavy atom. The van der Waals surface area contributed by atoms with E-state index in [1.165, 1.54) is 35.4 Å². The van der Waals surface area contributed by atoms with Crippen LogP contribution in [-0.2, 0) is 0 Å². The summed E-state index contributed by atoms with van der Waals surface area (Å²) in [5.74, 6) is 0.873. The van der Waals surface area contributed by atoms with Crippen molar-refractivity contribution in [2.75, 3.05) is 7.11 Å². The first-order chi connectivity index (χ1) is 19.1. The number of thioether (sulfide) groups is 1. The van der Waals surface area contributed by atoms with E-state index in [1.54, 1.807) is 7.11 Å². The summed E-state index contributed by atoms with van der Waals surface area (Å²) in [7, 11) is 1.63. The number of carbonyl (C=O) groups is 2. The lowest BCUT2D eigenvalue weighted by Gasteiger charge is -2.34. The van der Waals surface area contributed by atoms with Crippen molar-refractivity contribution in [3.8, 4) is 11.5 Å². The fourth-order valence-corrected chi connectivity index (χ4v) is 5.74. The highest BCUT2D eigenvalue weighted by Gasteiger charge is 2.36. The number of methoxy groups -OCH3 is 1. The van der Waals surface area contributed by atoms with Crippen LogP contribution >= 0.6 is 11.8 Å². The number of nitrogens with one attached hydrogen (secondary N) is 1. The summed E-state index contributed by atoms with van der Waals surface area (Å²) >= 11 is 1.20. The molecule has 3 aromatic rings. The second-order valence-electron chi connectivity index (χ2n) is 9.38. The van der Waals surface area contributed by atoms with Gasteiger partial charge in [-0.2, -0.15) is 10.1 Å². The Hall–Kier alpha value is -3.92. The zero-order chi connectivity index (χ0) is 27.2. The van der Waals surface area contributed by atoms with Crippen LogP contribution in [-0.4, -0.2) is 50.3 Å². The second-order valence-corrected chi connectivity index (χ2v) is 10.5. The van der Waals surface area contributed by atoms with Gasteiger partial charge in [0.1, 0.15) is 5.69 Å². The van der Waals surface area contributed by atoms with Gasteiger partial charge in [-0.1, -0.05) is 49.0 Å². The van der Waals surface area contributed by atoms with E-state index in [4.69, 9.17) is 14.6 Å². The Morgan fingerprint density at radius 3 is 2.62 bits per heavy atom. The van der Waals surface area contributed by atoms with Crippen molar-refractivity contribution in [1.82, 2.24) is 20.3 Å². The van der Waals surface area contributed by atoms with Gasteiger partial charge in [-0.05, 0) is 55.9 Å². The Labute approximate surface area is 232 Å². The van der Waals surface area contributed by atoms with Crippen molar-refractivity contribution in [2.24, 2.45) is 5.10 Å². The van der Waals surface area contributed by atoms with Crippen molar-refractivity contribution in [2.45, 2.75) is 56.5 Å². The van der Waals surface area contributed by atoms with Gasteiger partial charge in [-0.25, -0.2) is 4.98 Å². The normalized spacial score (nSPS) is 18.4. The summed E-state index contributed by atoms with van der Waals surface area (Å²) in [5.41, 5.74) is 2.43. The monoisotopic (exact) mass is 545 g/mol. The number of carbonyl (C=O) groups excluding carboxylic acids is 2. The minimum absolute atomic E-state index is 0.148. The number of rotatable bonds is 9. The number of ether oxygens (including phenoxy) is 2. The quantitative estimate of drug-likeness (QED) is 0.374.